The van der Waals surface area contributed by atoms with Crippen LogP contribution in [0.3, 0.4) is 0 Å². The molecule has 0 fully saturated rings. The molecule has 0 saturated heterocycles. The molecule has 0 aromatic heterocycles. The van der Waals surface area contributed by atoms with E-state index in [-0.39, 0.29) is 0 Å². The first-order valence-electron chi connectivity index (χ1n) is 5.43. The second-order valence-electron chi connectivity index (χ2n) is 3.92. The van der Waals surface area contributed by atoms with Gasteiger partial charge in [-0.2, -0.15) is 0 Å². The molecule has 0 heteroatoms. The van der Waals surface area contributed by atoms with E-state index in [1.807, 2.05) is 0 Å². The van der Waals surface area contributed by atoms with Gasteiger partial charge in [-0.15, -0.1) is 0 Å². The van der Waals surface area contributed by atoms with E-state index in [2.05, 4.69) is 68.5 Å². The van der Waals surface area contributed by atoms with Gasteiger partial charge in [-0.25, -0.2) is 0 Å². The Labute approximate surface area is 91.2 Å². The van der Waals surface area contributed by atoms with Crippen LogP contribution < -0.4 is 0 Å². The fourth-order valence-corrected chi connectivity index (χ4v) is 1.89. The molecular formula is C15H16. The third kappa shape index (κ3) is 2.10. The van der Waals surface area contributed by atoms with Gasteiger partial charge in [0.15, 0.2) is 0 Å². The van der Waals surface area contributed by atoms with Crippen molar-refractivity contribution in [1.29, 1.82) is 0 Å². The zero-order valence-electron chi connectivity index (χ0n) is 9.27. The molecule has 1 unspecified atom stereocenters. The molecule has 2 rings (SSSR count). The van der Waals surface area contributed by atoms with Gasteiger partial charge in [0.05, 0.1) is 0 Å². The molecule has 0 radical (unpaired) electrons. The SMILES string of the molecule is C/C=C/C(C)c1ccc2ccccc2c1. The van der Waals surface area contributed by atoms with E-state index < -0.39 is 0 Å². The molecule has 0 aliphatic rings. The highest BCUT2D eigenvalue weighted by Gasteiger charge is 2.01. The molecule has 1 atom stereocenters. The van der Waals surface area contributed by atoms with Gasteiger partial charge >= 0.3 is 0 Å². The van der Waals surface area contributed by atoms with Crippen LogP contribution in [0.2, 0.25) is 0 Å². The Morgan fingerprint density at radius 2 is 1.73 bits per heavy atom. The smallest absolute Gasteiger partial charge is 0.00103 e. The van der Waals surface area contributed by atoms with Crippen molar-refractivity contribution in [2.75, 3.05) is 0 Å². The third-order valence-electron chi connectivity index (χ3n) is 2.78. The summed E-state index contributed by atoms with van der Waals surface area (Å²) in [5, 5.41) is 2.64. The molecule has 0 aliphatic carbocycles. The van der Waals surface area contributed by atoms with Crippen LogP contribution in [0, 0.1) is 0 Å². The molecule has 2 aromatic carbocycles. The van der Waals surface area contributed by atoms with E-state index in [0.717, 1.165) is 0 Å². The van der Waals surface area contributed by atoms with Gasteiger partial charge < -0.3 is 0 Å². The van der Waals surface area contributed by atoms with Gasteiger partial charge in [-0.1, -0.05) is 61.5 Å². The highest BCUT2D eigenvalue weighted by atomic mass is 14.1. The molecule has 76 valence electrons. The Morgan fingerprint density at radius 3 is 2.47 bits per heavy atom. The van der Waals surface area contributed by atoms with E-state index in [4.69, 9.17) is 0 Å². The molecule has 0 saturated carbocycles. The van der Waals surface area contributed by atoms with Gasteiger partial charge in [-0.05, 0) is 29.2 Å². The van der Waals surface area contributed by atoms with Gasteiger partial charge in [0.2, 0.25) is 0 Å². The van der Waals surface area contributed by atoms with Crippen LogP contribution in [0.25, 0.3) is 10.8 Å². The Balaban J connectivity index is 2.46. The predicted octanol–water partition coefficient (Wildman–Crippen LogP) is 4.52. The minimum Gasteiger partial charge on any atom is -0.0911 e. The van der Waals surface area contributed by atoms with Gasteiger partial charge in [0.1, 0.15) is 0 Å². The predicted molar refractivity (Wildman–Crippen MR) is 67.2 cm³/mol. The van der Waals surface area contributed by atoms with Crippen molar-refractivity contribution in [3.05, 3.63) is 60.2 Å². The summed E-state index contributed by atoms with van der Waals surface area (Å²) in [4.78, 5) is 0. The maximum Gasteiger partial charge on any atom is -0.00103 e. The lowest BCUT2D eigenvalue weighted by molar-refractivity contribution is 0.968. The topological polar surface area (TPSA) is 0 Å². The van der Waals surface area contributed by atoms with E-state index in [0.29, 0.717) is 5.92 Å². The zero-order chi connectivity index (χ0) is 10.7. The lowest BCUT2D eigenvalue weighted by Crippen LogP contribution is -1.88. The first-order valence-corrected chi connectivity index (χ1v) is 5.43. The standard InChI is InChI=1S/C15H16/c1-3-6-12(2)14-10-9-13-7-4-5-8-15(13)11-14/h3-12H,1-2H3/b6-3+. The first kappa shape index (κ1) is 9.97. The maximum atomic E-state index is 2.28. The summed E-state index contributed by atoms with van der Waals surface area (Å²) in [7, 11) is 0. The van der Waals surface area contributed by atoms with Crippen LogP contribution in [-0.4, -0.2) is 0 Å². The maximum absolute atomic E-state index is 2.28. The molecule has 0 amide bonds. The molecule has 15 heavy (non-hydrogen) atoms. The highest BCUT2D eigenvalue weighted by Crippen LogP contribution is 2.22. The van der Waals surface area contributed by atoms with Crippen LogP contribution in [0.1, 0.15) is 25.3 Å². The quantitative estimate of drug-likeness (QED) is 0.619. The summed E-state index contributed by atoms with van der Waals surface area (Å²) in [5.41, 5.74) is 1.38. The molecule has 0 spiro atoms. The third-order valence-corrected chi connectivity index (χ3v) is 2.78. The fraction of sp³-hybridized carbons (Fsp3) is 0.200. The van der Waals surface area contributed by atoms with Crippen LogP contribution >= 0.6 is 0 Å². The van der Waals surface area contributed by atoms with Crippen molar-refractivity contribution in [2.45, 2.75) is 19.8 Å². The normalized spacial score (nSPS) is 13.5. The molecular weight excluding hydrogens is 180 g/mol. The van der Waals surface area contributed by atoms with Crippen LogP contribution in [0.15, 0.2) is 54.6 Å². The lowest BCUT2D eigenvalue weighted by atomic mass is 9.97. The molecule has 2 aromatic rings. The number of allylic oxidation sites excluding steroid dienone is 2. The van der Waals surface area contributed by atoms with Crippen LogP contribution in [-0.2, 0) is 0 Å². The fourth-order valence-electron chi connectivity index (χ4n) is 1.89. The average molecular weight is 196 g/mol. The zero-order valence-corrected chi connectivity index (χ0v) is 9.27. The number of benzene rings is 2. The van der Waals surface area contributed by atoms with Crippen molar-refractivity contribution < 1.29 is 0 Å². The minimum atomic E-state index is 0.500. The van der Waals surface area contributed by atoms with Crippen LogP contribution in [0.4, 0.5) is 0 Å². The Morgan fingerprint density at radius 1 is 1.00 bits per heavy atom. The Bertz CT molecular complexity index is 480. The number of hydrogen-bond acceptors (Lipinski definition) is 0. The van der Waals surface area contributed by atoms with Gasteiger partial charge in [-0.3, -0.25) is 0 Å². The van der Waals surface area contributed by atoms with Crippen LogP contribution in [0.5, 0.6) is 0 Å². The molecule has 0 nitrogen and oxygen atoms in total. The second kappa shape index (κ2) is 4.31. The molecule has 0 bridgehead atoms. The summed E-state index contributed by atoms with van der Waals surface area (Å²) in [6.07, 6.45) is 4.34. The molecule has 0 N–H and O–H groups in total. The molecule has 0 heterocycles. The Kier molecular flexibility index (Phi) is 2.86. The number of rotatable bonds is 2. The number of fused-ring (bicyclic) bond motifs is 1. The number of hydrogen-bond donors (Lipinski definition) is 0. The highest BCUT2D eigenvalue weighted by molar-refractivity contribution is 5.83. The summed E-state index contributed by atoms with van der Waals surface area (Å²) in [6.45, 7) is 4.29. The van der Waals surface area contributed by atoms with Crippen molar-refractivity contribution in [1.82, 2.24) is 0 Å². The minimum absolute atomic E-state index is 0.500. The summed E-state index contributed by atoms with van der Waals surface area (Å²) in [5.74, 6) is 0.500. The van der Waals surface area contributed by atoms with Gasteiger partial charge in [0.25, 0.3) is 0 Å². The summed E-state index contributed by atoms with van der Waals surface area (Å²) in [6, 6.07) is 15.2. The van der Waals surface area contributed by atoms with Crippen molar-refractivity contribution in [2.24, 2.45) is 0 Å². The molecule has 0 aliphatic heterocycles. The van der Waals surface area contributed by atoms with E-state index in [1.54, 1.807) is 0 Å². The largest absolute Gasteiger partial charge is 0.0911 e. The average Bonchev–Trinajstić information content (AvgIpc) is 2.29. The lowest BCUT2D eigenvalue weighted by Gasteiger charge is -2.07. The Hall–Kier alpha value is -1.56. The second-order valence-corrected chi connectivity index (χ2v) is 3.92. The van der Waals surface area contributed by atoms with E-state index in [1.165, 1.54) is 16.3 Å². The van der Waals surface area contributed by atoms with E-state index in [9.17, 15) is 0 Å². The van der Waals surface area contributed by atoms with E-state index >= 15 is 0 Å². The van der Waals surface area contributed by atoms with Crippen molar-refractivity contribution >= 4 is 10.8 Å². The van der Waals surface area contributed by atoms with Crippen molar-refractivity contribution in [3.8, 4) is 0 Å². The summed E-state index contributed by atoms with van der Waals surface area (Å²) >= 11 is 0. The van der Waals surface area contributed by atoms with Gasteiger partial charge in [0, 0.05) is 0 Å². The monoisotopic (exact) mass is 196 g/mol. The first-order chi connectivity index (χ1) is 7.31. The van der Waals surface area contributed by atoms with Crippen molar-refractivity contribution in [3.63, 3.8) is 0 Å². The summed E-state index contributed by atoms with van der Waals surface area (Å²) < 4.78 is 0.